The smallest absolute Gasteiger partial charge is 0.216 e. The van der Waals surface area contributed by atoms with Gasteiger partial charge in [0.2, 0.25) is 5.88 Å². The summed E-state index contributed by atoms with van der Waals surface area (Å²) in [5, 5.41) is 3.35. The minimum absolute atomic E-state index is 0.543. The van der Waals surface area contributed by atoms with Crippen molar-refractivity contribution in [1.82, 2.24) is 10.3 Å². The lowest BCUT2D eigenvalue weighted by Crippen LogP contribution is -2.24. The average molecular weight is 208 g/mol. The van der Waals surface area contributed by atoms with Crippen molar-refractivity contribution < 1.29 is 4.74 Å². The van der Waals surface area contributed by atoms with Crippen LogP contribution in [0.2, 0.25) is 0 Å². The second kappa shape index (κ2) is 6.40. The summed E-state index contributed by atoms with van der Waals surface area (Å²) in [4.78, 5) is 4.17. The lowest BCUT2D eigenvalue weighted by Gasteiger charge is -2.09. The second-order valence-electron chi connectivity index (χ2n) is 3.94. The zero-order chi connectivity index (χ0) is 11.1. The fourth-order valence-electron chi connectivity index (χ4n) is 1.25. The molecule has 0 saturated heterocycles. The molecule has 0 atom stereocenters. The molecule has 0 unspecified atom stereocenters. The maximum Gasteiger partial charge on any atom is 0.216 e. The lowest BCUT2D eigenvalue weighted by atomic mass is 10.3. The lowest BCUT2D eigenvalue weighted by molar-refractivity contribution is 0.293. The van der Waals surface area contributed by atoms with Crippen molar-refractivity contribution in [2.24, 2.45) is 0 Å². The van der Waals surface area contributed by atoms with E-state index < -0.39 is 0 Å². The highest BCUT2D eigenvalue weighted by molar-refractivity contribution is 5.23. The third-order valence-electron chi connectivity index (χ3n) is 2.07. The van der Waals surface area contributed by atoms with Crippen LogP contribution in [0.3, 0.4) is 0 Å². The predicted molar refractivity (Wildman–Crippen MR) is 62.2 cm³/mol. The third kappa shape index (κ3) is 4.79. The average Bonchev–Trinajstić information content (AvgIpc) is 2.20. The number of rotatable bonds is 6. The highest BCUT2D eigenvalue weighted by atomic mass is 16.5. The summed E-state index contributed by atoms with van der Waals surface area (Å²) in [5.41, 5.74) is 1.09. The summed E-state index contributed by atoms with van der Waals surface area (Å²) < 4.78 is 5.57. The van der Waals surface area contributed by atoms with Crippen LogP contribution in [-0.4, -0.2) is 24.2 Å². The monoisotopic (exact) mass is 208 g/mol. The Bertz CT molecular complexity index is 287. The van der Waals surface area contributed by atoms with Gasteiger partial charge in [0, 0.05) is 17.8 Å². The molecule has 0 aliphatic rings. The van der Waals surface area contributed by atoms with Crippen LogP contribution in [-0.2, 0) is 0 Å². The van der Waals surface area contributed by atoms with Gasteiger partial charge in [-0.05, 0) is 26.0 Å². The van der Waals surface area contributed by atoms with Gasteiger partial charge >= 0.3 is 0 Å². The standard InChI is InChI=1S/C12H20N2O/c1-10(2)13-8-5-9-15-12-11(3)6-4-7-14-12/h4,6-7,10,13H,5,8-9H2,1-3H3. The molecule has 15 heavy (non-hydrogen) atoms. The Labute approximate surface area is 91.9 Å². The molecule has 0 saturated carbocycles. The van der Waals surface area contributed by atoms with Crippen molar-refractivity contribution in [2.75, 3.05) is 13.2 Å². The predicted octanol–water partition coefficient (Wildman–Crippen LogP) is 2.16. The first-order valence-corrected chi connectivity index (χ1v) is 5.48. The number of nitrogens with one attached hydrogen (secondary N) is 1. The highest BCUT2D eigenvalue weighted by Gasteiger charge is 1.98. The minimum atomic E-state index is 0.543. The molecule has 1 rings (SSSR count). The summed E-state index contributed by atoms with van der Waals surface area (Å²) in [6, 6.07) is 4.47. The van der Waals surface area contributed by atoms with Crippen molar-refractivity contribution in [3.05, 3.63) is 23.9 Å². The SMILES string of the molecule is Cc1cccnc1OCCCNC(C)C. The van der Waals surface area contributed by atoms with Crippen LogP contribution in [0.25, 0.3) is 0 Å². The summed E-state index contributed by atoms with van der Waals surface area (Å²) >= 11 is 0. The Kier molecular flexibility index (Phi) is 5.12. The molecular weight excluding hydrogens is 188 g/mol. The number of nitrogens with zero attached hydrogens (tertiary/aromatic N) is 1. The van der Waals surface area contributed by atoms with Crippen molar-refractivity contribution in [1.29, 1.82) is 0 Å². The summed E-state index contributed by atoms with van der Waals surface area (Å²) in [6.45, 7) is 8.00. The van der Waals surface area contributed by atoms with E-state index in [0.717, 1.165) is 31.0 Å². The normalized spacial score (nSPS) is 10.7. The number of hydrogen-bond donors (Lipinski definition) is 1. The van der Waals surface area contributed by atoms with E-state index in [2.05, 4.69) is 24.1 Å². The molecule has 3 heteroatoms. The second-order valence-corrected chi connectivity index (χ2v) is 3.94. The Morgan fingerprint density at radius 3 is 2.93 bits per heavy atom. The van der Waals surface area contributed by atoms with Crippen LogP contribution in [0.15, 0.2) is 18.3 Å². The van der Waals surface area contributed by atoms with Crippen molar-refractivity contribution in [3.63, 3.8) is 0 Å². The van der Waals surface area contributed by atoms with Crippen LogP contribution in [0.4, 0.5) is 0 Å². The maximum absolute atomic E-state index is 5.57. The third-order valence-corrected chi connectivity index (χ3v) is 2.07. The van der Waals surface area contributed by atoms with Gasteiger partial charge in [-0.1, -0.05) is 19.9 Å². The van der Waals surface area contributed by atoms with E-state index in [1.807, 2.05) is 19.1 Å². The van der Waals surface area contributed by atoms with Gasteiger partial charge in [0.15, 0.2) is 0 Å². The number of aromatic nitrogens is 1. The molecule has 0 aliphatic heterocycles. The fourth-order valence-corrected chi connectivity index (χ4v) is 1.25. The largest absolute Gasteiger partial charge is 0.477 e. The summed E-state index contributed by atoms with van der Waals surface area (Å²) in [7, 11) is 0. The zero-order valence-corrected chi connectivity index (χ0v) is 9.79. The molecule has 1 N–H and O–H groups in total. The molecule has 1 heterocycles. The van der Waals surface area contributed by atoms with Gasteiger partial charge in [-0.3, -0.25) is 0 Å². The maximum atomic E-state index is 5.57. The topological polar surface area (TPSA) is 34.1 Å². The van der Waals surface area contributed by atoms with Crippen LogP contribution in [0, 0.1) is 6.92 Å². The molecule has 3 nitrogen and oxygen atoms in total. The van der Waals surface area contributed by atoms with E-state index in [9.17, 15) is 0 Å². The minimum Gasteiger partial charge on any atom is -0.477 e. The van der Waals surface area contributed by atoms with E-state index in [0.29, 0.717) is 6.04 Å². The molecule has 84 valence electrons. The highest BCUT2D eigenvalue weighted by Crippen LogP contribution is 2.11. The summed E-state index contributed by atoms with van der Waals surface area (Å²) in [5.74, 6) is 0.752. The molecule has 0 spiro atoms. The fraction of sp³-hybridized carbons (Fsp3) is 0.583. The Morgan fingerprint density at radius 2 is 2.27 bits per heavy atom. The van der Waals surface area contributed by atoms with Gasteiger partial charge in [-0.25, -0.2) is 4.98 Å². The molecular formula is C12H20N2O. The molecule has 1 aromatic heterocycles. The Balaban J connectivity index is 2.18. The van der Waals surface area contributed by atoms with Crippen molar-refractivity contribution in [2.45, 2.75) is 33.2 Å². The van der Waals surface area contributed by atoms with Gasteiger partial charge in [0.25, 0.3) is 0 Å². The van der Waals surface area contributed by atoms with E-state index in [1.165, 1.54) is 0 Å². The van der Waals surface area contributed by atoms with Gasteiger partial charge < -0.3 is 10.1 Å². The quantitative estimate of drug-likeness (QED) is 0.727. The molecule has 0 fully saturated rings. The van der Waals surface area contributed by atoms with Gasteiger partial charge in [-0.2, -0.15) is 0 Å². The van der Waals surface area contributed by atoms with Crippen LogP contribution < -0.4 is 10.1 Å². The van der Waals surface area contributed by atoms with Gasteiger partial charge in [0.05, 0.1) is 6.61 Å². The molecule has 0 aliphatic carbocycles. The molecule has 1 aromatic rings. The Hall–Kier alpha value is -1.09. The van der Waals surface area contributed by atoms with E-state index in [4.69, 9.17) is 4.74 Å². The van der Waals surface area contributed by atoms with E-state index in [1.54, 1.807) is 6.20 Å². The Morgan fingerprint density at radius 1 is 1.47 bits per heavy atom. The van der Waals surface area contributed by atoms with Crippen LogP contribution >= 0.6 is 0 Å². The van der Waals surface area contributed by atoms with Crippen molar-refractivity contribution >= 4 is 0 Å². The van der Waals surface area contributed by atoms with Gasteiger partial charge in [0.1, 0.15) is 0 Å². The van der Waals surface area contributed by atoms with Crippen LogP contribution in [0.5, 0.6) is 5.88 Å². The summed E-state index contributed by atoms with van der Waals surface area (Å²) in [6.07, 6.45) is 2.77. The van der Waals surface area contributed by atoms with Crippen LogP contribution in [0.1, 0.15) is 25.8 Å². The number of hydrogen-bond acceptors (Lipinski definition) is 3. The first-order valence-electron chi connectivity index (χ1n) is 5.48. The number of ether oxygens (including phenoxy) is 1. The number of pyridine rings is 1. The molecule has 0 amide bonds. The first-order chi connectivity index (χ1) is 7.20. The van der Waals surface area contributed by atoms with E-state index >= 15 is 0 Å². The molecule has 0 aromatic carbocycles. The van der Waals surface area contributed by atoms with E-state index in [-0.39, 0.29) is 0 Å². The zero-order valence-electron chi connectivity index (χ0n) is 9.79. The number of aryl methyl sites for hydroxylation is 1. The molecule has 0 bridgehead atoms. The molecule has 0 radical (unpaired) electrons. The first kappa shape index (κ1) is 12.0. The van der Waals surface area contributed by atoms with Crippen molar-refractivity contribution in [3.8, 4) is 5.88 Å². The van der Waals surface area contributed by atoms with Gasteiger partial charge in [-0.15, -0.1) is 0 Å².